The van der Waals surface area contributed by atoms with Crippen molar-refractivity contribution in [3.63, 3.8) is 0 Å². The monoisotopic (exact) mass is 227 g/mol. The zero-order chi connectivity index (χ0) is 11.5. The van der Waals surface area contributed by atoms with Crippen LogP contribution in [0.15, 0.2) is 12.4 Å². The number of nitrogens with zero attached hydrogens (tertiary/aromatic N) is 3. The van der Waals surface area contributed by atoms with E-state index in [9.17, 15) is 0 Å². The van der Waals surface area contributed by atoms with Crippen LogP contribution in [0.25, 0.3) is 0 Å². The molecule has 0 atom stereocenters. The van der Waals surface area contributed by atoms with Gasteiger partial charge in [-0.2, -0.15) is 0 Å². The van der Waals surface area contributed by atoms with Crippen LogP contribution in [-0.4, -0.2) is 29.9 Å². The first kappa shape index (κ1) is 12.4. The third-order valence-electron chi connectivity index (χ3n) is 3.06. The quantitative estimate of drug-likeness (QED) is 0.741. The molecule has 86 valence electrons. The first-order valence-corrected chi connectivity index (χ1v) is 8.22. The van der Waals surface area contributed by atoms with Crippen LogP contribution in [-0.2, 0) is 11.0 Å². The molecular formula is C10H21N3OSi. The van der Waals surface area contributed by atoms with Gasteiger partial charge in [-0.1, -0.05) is 26.0 Å². The summed E-state index contributed by atoms with van der Waals surface area (Å²) in [5, 5.41) is 7.93. The largest absolute Gasteiger partial charge is 0.415 e. The SMILES string of the molecule is CC(C)(C)[Si](C)(C)OCCn1ccnn1. The lowest BCUT2D eigenvalue weighted by molar-refractivity contribution is 0.264. The van der Waals surface area contributed by atoms with E-state index in [1.807, 2.05) is 6.20 Å². The van der Waals surface area contributed by atoms with Crippen LogP contribution in [0, 0.1) is 0 Å². The highest BCUT2D eigenvalue weighted by atomic mass is 28.4. The van der Waals surface area contributed by atoms with E-state index in [0.29, 0.717) is 0 Å². The summed E-state index contributed by atoms with van der Waals surface area (Å²) in [7, 11) is -1.60. The Morgan fingerprint density at radius 2 is 2.00 bits per heavy atom. The molecule has 0 aliphatic carbocycles. The molecule has 1 aromatic heterocycles. The molecule has 0 spiro atoms. The highest BCUT2D eigenvalue weighted by Crippen LogP contribution is 2.36. The standard InChI is InChI=1S/C10H21N3OSi/c1-10(2,3)15(4,5)14-9-8-13-7-6-11-12-13/h6-7H,8-9H2,1-5H3. The van der Waals surface area contributed by atoms with Gasteiger partial charge in [-0.3, -0.25) is 4.68 Å². The van der Waals surface area contributed by atoms with E-state index in [4.69, 9.17) is 4.43 Å². The van der Waals surface area contributed by atoms with Gasteiger partial charge in [-0.05, 0) is 18.1 Å². The summed E-state index contributed by atoms with van der Waals surface area (Å²) < 4.78 is 7.82. The molecule has 0 radical (unpaired) electrons. The van der Waals surface area contributed by atoms with Crippen molar-refractivity contribution in [1.82, 2.24) is 15.0 Å². The Balaban J connectivity index is 2.37. The molecule has 1 heterocycles. The fourth-order valence-electron chi connectivity index (χ4n) is 0.963. The zero-order valence-corrected chi connectivity index (χ0v) is 11.3. The Morgan fingerprint density at radius 3 is 2.47 bits per heavy atom. The van der Waals surface area contributed by atoms with Crippen molar-refractivity contribution in [2.45, 2.75) is 45.4 Å². The maximum atomic E-state index is 6.02. The van der Waals surface area contributed by atoms with Crippen molar-refractivity contribution in [1.29, 1.82) is 0 Å². The minimum Gasteiger partial charge on any atom is -0.415 e. The van der Waals surface area contributed by atoms with Crippen LogP contribution in [0.5, 0.6) is 0 Å². The van der Waals surface area contributed by atoms with Crippen LogP contribution in [0.2, 0.25) is 18.1 Å². The fraction of sp³-hybridized carbons (Fsp3) is 0.800. The molecule has 0 unspecified atom stereocenters. The van der Waals surface area contributed by atoms with Gasteiger partial charge in [0.2, 0.25) is 0 Å². The zero-order valence-electron chi connectivity index (χ0n) is 10.3. The van der Waals surface area contributed by atoms with Gasteiger partial charge < -0.3 is 4.43 Å². The molecule has 15 heavy (non-hydrogen) atoms. The number of hydrogen-bond donors (Lipinski definition) is 0. The molecule has 5 heteroatoms. The van der Waals surface area contributed by atoms with Gasteiger partial charge >= 0.3 is 0 Å². The summed E-state index contributed by atoms with van der Waals surface area (Å²) in [6.45, 7) is 12.8. The lowest BCUT2D eigenvalue weighted by atomic mass is 10.2. The number of hydrogen-bond acceptors (Lipinski definition) is 3. The Morgan fingerprint density at radius 1 is 1.33 bits per heavy atom. The first-order chi connectivity index (χ1) is 6.83. The smallest absolute Gasteiger partial charge is 0.192 e. The van der Waals surface area contributed by atoms with Gasteiger partial charge in [0.25, 0.3) is 0 Å². The summed E-state index contributed by atoms with van der Waals surface area (Å²) in [4.78, 5) is 0. The van der Waals surface area contributed by atoms with Crippen molar-refractivity contribution in [3.8, 4) is 0 Å². The molecule has 1 aromatic rings. The van der Waals surface area contributed by atoms with Gasteiger partial charge in [0.05, 0.1) is 19.3 Å². The van der Waals surface area contributed by atoms with Crippen LogP contribution >= 0.6 is 0 Å². The minimum absolute atomic E-state index is 0.273. The predicted molar refractivity (Wildman–Crippen MR) is 63.2 cm³/mol. The van der Waals surface area contributed by atoms with Crippen molar-refractivity contribution < 1.29 is 4.43 Å². The second-order valence-corrected chi connectivity index (χ2v) is 10.1. The van der Waals surface area contributed by atoms with Crippen LogP contribution in [0.4, 0.5) is 0 Å². The topological polar surface area (TPSA) is 39.9 Å². The second-order valence-electron chi connectivity index (χ2n) is 5.27. The number of rotatable bonds is 4. The summed E-state index contributed by atoms with van der Waals surface area (Å²) in [6.07, 6.45) is 3.54. The van der Waals surface area contributed by atoms with E-state index in [0.717, 1.165) is 13.2 Å². The van der Waals surface area contributed by atoms with Crippen LogP contribution in [0.3, 0.4) is 0 Å². The molecular weight excluding hydrogens is 206 g/mol. The normalized spacial score (nSPS) is 13.1. The molecule has 0 aliphatic heterocycles. The Bertz CT molecular complexity index is 290. The van der Waals surface area contributed by atoms with Crippen molar-refractivity contribution in [2.24, 2.45) is 0 Å². The van der Waals surface area contributed by atoms with Gasteiger partial charge in [0.15, 0.2) is 8.32 Å². The molecule has 0 saturated carbocycles. The average Bonchev–Trinajstić information content (AvgIpc) is 2.54. The van der Waals surface area contributed by atoms with E-state index < -0.39 is 8.32 Å². The van der Waals surface area contributed by atoms with Gasteiger partial charge in [0, 0.05) is 6.20 Å². The molecule has 4 nitrogen and oxygen atoms in total. The molecule has 0 bridgehead atoms. The second kappa shape index (κ2) is 4.45. The minimum atomic E-state index is -1.60. The summed E-state index contributed by atoms with van der Waals surface area (Å²) >= 11 is 0. The lowest BCUT2D eigenvalue weighted by Gasteiger charge is -2.36. The van der Waals surface area contributed by atoms with Crippen molar-refractivity contribution >= 4 is 8.32 Å². The highest BCUT2D eigenvalue weighted by Gasteiger charge is 2.36. The molecule has 0 amide bonds. The Kier molecular flexibility index (Phi) is 3.67. The van der Waals surface area contributed by atoms with E-state index in [1.54, 1.807) is 10.9 Å². The summed E-state index contributed by atoms with van der Waals surface area (Å²) in [5.74, 6) is 0. The fourth-order valence-corrected chi connectivity index (χ4v) is 2.00. The van der Waals surface area contributed by atoms with Crippen LogP contribution < -0.4 is 0 Å². The summed E-state index contributed by atoms with van der Waals surface area (Å²) in [6, 6.07) is 0. The molecule has 0 aromatic carbocycles. The first-order valence-electron chi connectivity index (χ1n) is 5.31. The van der Waals surface area contributed by atoms with Gasteiger partial charge in [0.1, 0.15) is 0 Å². The molecule has 0 fully saturated rings. The molecule has 0 saturated heterocycles. The van der Waals surface area contributed by atoms with Crippen LogP contribution in [0.1, 0.15) is 20.8 Å². The van der Waals surface area contributed by atoms with Gasteiger partial charge in [-0.25, -0.2) is 0 Å². The van der Waals surface area contributed by atoms with E-state index >= 15 is 0 Å². The van der Waals surface area contributed by atoms with Crippen molar-refractivity contribution in [3.05, 3.63) is 12.4 Å². The van der Waals surface area contributed by atoms with E-state index in [-0.39, 0.29) is 5.04 Å². The lowest BCUT2D eigenvalue weighted by Crippen LogP contribution is -2.41. The maximum Gasteiger partial charge on any atom is 0.192 e. The Labute approximate surface area is 92.8 Å². The molecule has 1 rings (SSSR count). The average molecular weight is 227 g/mol. The van der Waals surface area contributed by atoms with E-state index in [1.165, 1.54) is 0 Å². The van der Waals surface area contributed by atoms with Gasteiger partial charge in [-0.15, -0.1) is 5.10 Å². The Hall–Kier alpha value is -0.683. The third kappa shape index (κ3) is 3.42. The van der Waals surface area contributed by atoms with E-state index in [2.05, 4.69) is 44.2 Å². The summed E-state index contributed by atoms with van der Waals surface area (Å²) in [5.41, 5.74) is 0. The maximum absolute atomic E-state index is 6.02. The molecule has 0 aliphatic rings. The molecule has 0 N–H and O–H groups in total. The third-order valence-corrected chi connectivity index (χ3v) is 7.60. The highest BCUT2D eigenvalue weighted by molar-refractivity contribution is 6.74. The van der Waals surface area contributed by atoms with Crippen molar-refractivity contribution in [2.75, 3.05) is 6.61 Å². The number of aromatic nitrogens is 3. The predicted octanol–water partition coefficient (Wildman–Crippen LogP) is 2.30.